The Morgan fingerprint density at radius 1 is 1.40 bits per heavy atom. The van der Waals surface area contributed by atoms with E-state index in [4.69, 9.17) is 0 Å². The fraction of sp³-hybridized carbons (Fsp3) is 0.444. The lowest BCUT2D eigenvalue weighted by molar-refractivity contribution is 0.0944. The summed E-state index contributed by atoms with van der Waals surface area (Å²) in [5.41, 5.74) is 2.58. The van der Waals surface area contributed by atoms with Crippen molar-refractivity contribution < 1.29 is 4.79 Å². The minimum atomic E-state index is -0.0271. The summed E-state index contributed by atoms with van der Waals surface area (Å²) < 4.78 is 2.87. The van der Waals surface area contributed by atoms with E-state index in [1.54, 1.807) is 6.20 Å². The van der Waals surface area contributed by atoms with E-state index in [1.165, 1.54) is 12.8 Å². The molecular weight excluding hydrogens is 404 g/mol. The largest absolute Gasteiger partial charge is 0.352 e. The molecule has 25 heavy (non-hydrogen) atoms. The van der Waals surface area contributed by atoms with Crippen LogP contribution >= 0.6 is 28.3 Å². The number of amides is 1. The quantitative estimate of drug-likeness (QED) is 0.769. The Balaban J connectivity index is 0.00000225. The second-order valence-electron chi connectivity index (χ2n) is 6.17. The summed E-state index contributed by atoms with van der Waals surface area (Å²) in [7, 11) is 0. The molecule has 2 N–H and O–H groups in total. The molecule has 2 heterocycles. The highest BCUT2D eigenvalue weighted by Crippen LogP contribution is 2.18. The zero-order valence-corrected chi connectivity index (χ0v) is 16.7. The van der Waals surface area contributed by atoms with Crippen LogP contribution in [0.25, 0.3) is 5.69 Å². The number of hydrogen-bond donors (Lipinski definition) is 2. The maximum Gasteiger partial charge on any atom is 0.254 e. The third kappa shape index (κ3) is 4.84. The first-order valence-corrected chi connectivity index (χ1v) is 9.30. The van der Waals surface area contributed by atoms with Gasteiger partial charge in [0.25, 0.3) is 5.91 Å². The number of piperidine rings is 1. The molecule has 5 nitrogen and oxygen atoms in total. The van der Waals surface area contributed by atoms with Crippen molar-refractivity contribution in [1.29, 1.82) is 0 Å². The number of benzene rings is 1. The van der Waals surface area contributed by atoms with Crippen LogP contribution in [0.1, 0.15) is 35.8 Å². The van der Waals surface area contributed by atoms with Crippen LogP contribution in [0.3, 0.4) is 0 Å². The lowest BCUT2D eigenvalue weighted by atomic mass is 9.99. The Morgan fingerprint density at radius 3 is 2.80 bits per heavy atom. The molecular formula is C18H24BrClN4O. The van der Waals surface area contributed by atoms with Crippen LogP contribution in [-0.4, -0.2) is 35.3 Å². The van der Waals surface area contributed by atoms with Gasteiger partial charge < -0.3 is 10.6 Å². The molecule has 1 aromatic carbocycles. The topological polar surface area (TPSA) is 59.0 Å². The highest BCUT2D eigenvalue weighted by atomic mass is 79.9. The van der Waals surface area contributed by atoms with Gasteiger partial charge in [-0.2, -0.15) is 5.10 Å². The van der Waals surface area contributed by atoms with Gasteiger partial charge in [0.05, 0.1) is 23.1 Å². The smallest absolute Gasteiger partial charge is 0.254 e. The van der Waals surface area contributed by atoms with Gasteiger partial charge in [-0.1, -0.05) is 22.9 Å². The normalized spacial score (nSPS) is 17.0. The summed E-state index contributed by atoms with van der Waals surface area (Å²) in [6, 6.07) is 7.94. The number of halogens is 2. The SMILES string of the molecule is CCc1c(C(=O)NCC2CCCNC2)cnn1-c1ccc(Br)cc1.Cl. The Bertz CT molecular complexity index is 696. The number of carbonyl (C=O) groups is 1. The zero-order chi connectivity index (χ0) is 16.9. The summed E-state index contributed by atoms with van der Waals surface area (Å²) in [6.07, 6.45) is 4.79. The van der Waals surface area contributed by atoms with E-state index in [0.29, 0.717) is 11.5 Å². The van der Waals surface area contributed by atoms with Crippen LogP contribution in [-0.2, 0) is 6.42 Å². The van der Waals surface area contributed by atoms with Gasteiger partial charge in [0.15, 0.2) is 0 Å². The third-order valence-corrected chi connectivity index (χ3v) is 5.00. The Hall–Kier alpha value is -1.37. The van der Waals surface area contributed by atoms with Crippen molar-refractivity contribution in [3.8, 4) is 5.69 Å². The molecule has 1 saturated heterocycles. The van der Waals surface area contributed by atoms with E-state index in [9.17, 15) is 4.79 Å². The van der Waals surface area contributed by atoms with Crippen LogP contribution < -0.4 is 10.6 Å². The predicted octanol–water partition coefficient (Wildman–Crippen LogP) is 3.35. The molecule has 2 aromatic rings. The molecule has 0 spiro atoms. The molecule has 3 rings (SSSR count). The van der Waals surface area contributed by atoms with Gasteiger partial charge in [-0.15, -0.1) is 12.4 Å². The first-order valence-electron chi connectivity index (χ1n) is 8.50. The number of rotatable bonds is 5. The first-order chi connectivity index (χ1) is 11.7. The summed E-state index contributed by atoms with van der Waals surface area (Å²) in [6.45, 7) is 4.84. The maximum absolute atomic E-state index is 12.6. The van der Waals surface area contributed by atoms with Crippen molar-refractivity contribution in [2.45, 2.75) is 26.2 Å². The van der Waals surface area contributed by atoms with Crippen LogP contribution in [0.4, 0.5) is 0 Å². The molecule has 1 aromatic heterocycles. The Kier molecular flexibility index (Phi) is 7.47. The Labute approximate surface area is 163 Å². The molecule has 0 bridgehead atoms. The first kappa shape index (κ1) is 19.9. The molecule has 1 amide bonds. The summed E-state index contributed by atoms with van der Waals surface area (Å²) >= 11 is 3.44. The number of aromatic nitrogens is 2. The van der Waals surface area contributed by atoms with Gasteiger partial charge in [0.2, 0.25) is 0 Å². The monoisotopic (exact) mass is 426 g/mol. The number of nitrogens with zero attached hydrogens (tertiary/aromatic N) is 2. The minimum absolute atomic E-state index is 0. The fourth-order valence-corrected chi connectivity index (χ4v) is 3.40. The van der Waals surface area contributed by atoms with E-state index in [0.717, 1.165) is 41.9 Å². The van der Waals surface area contributed by atoms with E-state index in [-0.39, 0.29) is 18.3 Å². The van der Waals surface area contributed by atoms with E-state index < -0.39 is 0 Å². The second-order valence-corrected chi connectivity index (χ2v) is 7.08. The number of hydrogen-bond acceptors (Lipinski definition) is 3. The van der Waals surface area contributed by atoms with Crippen molar-refractivity contribution in [1.82, 2.24) is 20.4 Å². The van der Waals surface area contributed by atoms with E-state index >= 15 is 0 Å². The van der Waals surface area contributed by atoms with Crippen molar-refractivity contribution >= 4 is 34.2 Å². The molecule has 7 heteroatoms. The fourth-order valence-electron chi connectivity index (χ4n) is 3.14. The van der Waals surface area contributed by atoms with Crippen molar-refractivity contribution in [2.75, 3.05) is 19.6 Å². The molecule has 0 radical (unpaired) electrons. The van der Waals surface area contributed by atoms with Gasteiger partial charge in [-0.3, -0.25) is 4.79 Å². The summed E-state index contributed by atoms with van der Waals surface area (Å²) in [5.74, 6) is 0.495. The van der Waals surface area contributed by atoms with E-state index in [2.05, 4.69) is 31.7 Å². The molecule has 1 aliphatic rings. The Morgan fingerprint density at radius 2 is 2.16 bits per heavy atom. The van der Waals surface area contributed by atoms with Gasteiger partial charge in [0, 0.05) is 11.0 Å². The molecule has 1 aliphatic heterocycles. The number of nitrogens with one attached hydrogen (secondary N) is 2. The highest BCUT2D eigenvalue weighted by molar-refractivity contribution is 9.10. The van der Waals surface area contributed by atoms with Gasteiger partial charge >= 0.3 is 0 Å². The lowest BCUT2D eigenvalue weighted by Gasteiger charge is -2.22. The highest BCUT2D eigenvalue weighted by Gasteiger charge is 2.19. The van der Waals surface area contributed by atoms with E-state index in [1.807, 2.05) is 35.9 Å². The minimum Gasteiger partial charge on any atom is -0.352 e. The second kappa shape index (κ2) is 9.36. The third-order valence-electron chi connectivity index (χ3n) is 4.47. The lowest BCUT2D eigenvalue weighted by Crippen LogP contribution is -2.38. The van der Waals surface area contributed by atoms with Crippen molar-refractivity contribution in [3.05, 3.63) is 46.2 Å². The van der Waals surface area contributed by atoms with Crippen LogP contribution in [0.15, 0.2) is 34.9 Å². The van der Waals surface area contributed by atoms with Gasteiger partial charge in [-0.25, -0.2) is 4.68 Å². The van der Waals surface area contributed by atoms with Crippen LogP contribution in [0.2, 0.25) is 0 Å². The van der Waals surface area contributed by atoms with Crippen LogP contribution in [0.5, 0.6) is 0 Å². The van der Waals surface area contributed by atoms with Gasteiger partial charge in [-0.05, 0) is 62.5 Å². The zero-order valence-electron chi connectivity index (χ0n) is 14.3. The van der Waals surface area contributed by atoms with Crippen molar-refractivity contribution in [2.24, 2.45) is 5.92 Å². The number of carbonyl (C=O) groups excluding carboxylic acids is 1. The molecule has 1 unspecified atom stereocenters. The van der Waals surface area contributed by atoms with Crippen molar-refractivity contribution in [3.63, 3.8) is 0 Å². The predicted molar refractivity (Wildman–Crippen MR) is 106 cm³/mol. The molecule has 136 valence electrons. The molecule has 1 fully saturated rings. The average molecular weight is 428 g/mol. The maximum atomic E-state index is 12.6. The summed E-state index contributed by atoms with van der Waals surface area (Å²) in [4.78, 5) is 12.6. The molecule has 0 saturated carbocycles. The van der Waals surface area contributed by atoms with Crippen LogP contribution in [0, 0.1) is 5.92 Å². The molecule has 0 aliphatic carbocycles. The average Bonchev–Trinajstić information content (AvgIpc) is 3.05. The standard InChI is InChI=1S/C18H23BrN4O.ClH/c1-2-17-16(18(24)21-11-13-4-3-9-20-10-13)12-22-23(17)15-7-5-14(19)6-8-15;/h5-8,12-13,20H,2-4,9-11H2,1H3,(H,21,24);1H. The summed E-state index contributed by atoms with van der Waals surface area (Å²) in [5, 5.41) is 10.9. The van der Waals surface area contributed by atoms with Gasteiger partial charge in [0.1, 0.15) is 0 Å². The molecule has 1 atom stereocenters.